The van der Waals surface area contributed by atoms with Crippen LogP contribution in [-0.2, 0) is 9.59 Å². The summed E-state index contributed by atoms with van der Waals surface area (Å²) in [7, 11) is 0. The Balaban J connectivity index is 1.74. The number of carbonyl (C=O) groups is 2. The summed E-state index contributed by atoms with van der Waals surface area (Å²) < 4.78 is 4.04. The highest BCUT2D eigenvalue weighted by Crippen LogP contribution is 2.21. The van der Waals surface area contributed by atoms with Crippen LogP contribution >= 0.6 is 0 Å². The van der Waals surface area contributed by atoms with Gasteiger partial charge in [-0.3, -0.25) is 9.59 Å². The van der Waals surface area contributed by atoms with Gasteiger partial charge in [-0.05, 0) is 46.6 Å². The highest BCUT2D eigenvalue weighted by atomic mass is 16.2. The van der Waals surface area contributed by atoms with Gasteiger partial charge in [0.05, 0.1) is 12.4 Å². The molecule has 0 spiro atoms. The number of nitrogens with one attached hydrogen (secondary N) is 2. The number of rotatable bonds is 5. The predicted molar refractivity (Wildman–Crippen MR) is 98.3 cm³/mol. The summed E-state index contributed by atoms with van der Waals surface area (Å²) in [4.78, 5) is 23.3. The van der Waals surface area contributed by atoms with E-state index in [1.165, 1.54) is 0 Å². The van der Waals surface area contributed by atoms with Crippen LogP contribution in [0.2, 0.25) is 0 Å². The summed E-state index contributed by atoms with van der Waals surface area (Å²) >= 11 is 0. The van der Waals surface area contributed by atoms with Gasteiger partial charge in [0, 0.05) is 35.1 Å². The van der Waals surface area contributed by atoms with Crippen LogP contribution in [0.4, 0.5) is 0 Å². The monoisotopic (exact) mass is 356 g/mol. The molecule has 138 valence electrons. The number of amides is 2. The predicted octanol–water partition coefficient (Wildman–Crippen LogP) is 1.60. The number of aryl methyl sites for hydroxylation is 1. The van der Waals surface area contributed by atoms with Crippen LogP contribution in [-0.4, -0.2) is 38.4 Å². The number of carbonyl (C=O) groups excluding carboxylic acids is 2. The van der Waals surface area contributed by atoms with Crippen molar-refractivity contribution in [2.24, 2.45) is 5.10 Å². The molecule has 0 unspecified atom stereocenters. The minimum atomic E-state index is -0.750. The van der Waals surface area contributed by atoms with E-state index in [2.05, 4.69) is 39.4 Å². The third-order valence-corrected chi connectivity index (χ3v) is 4.33. The number of hydrazone groups is 1. The van der Waals surface area contributed by atoms with E-state index in [-0.39, 0.29) is 12.1 Å². The van der Waals surface area contributed by atoms with E-state index in [1.807, 2.05) is 30.7 Å². The topological polar surface area (TPSA) is 93.3 Å². The second kappa shape index (κ2) is 7.15. The Kier molecular flexibility index (Phi) is 4.92. The van der Waals surface area contributed by atoms with Gasteiger partial charge in [-0.25, -0.2) is 10.1 Å². The molecule has 1 aliphatic carbocycles. The molecule has 0 aliphatic heterocycles. The van der Waals surface area contributed by atoms with Crippen molar-refractivity contribution in [3.63, 3.8) is 0 Å². The largest absolute Gasteiger partial charge is 0.345 e. The summed E-state index contributed by atoms with van der Waals surface area (Å²) in [5.74, 6) is -0.418. The Morgan fingerprint density at radius 2 is 2.04 bits per heavy atom. The van der Waals surface area contributed by atoms with Crippen molar-refractivity contribution in [3.8, 4) is 5.82 Å². The first-order valence-electron chi connectivity index (χ1n) is 8.75. The van der Waals surface area contributed by atoms with Gasteiger partial charge < -0.3 is 9.88 Å². The molecule has 26 heavy (non-hydrogen) atoms. The zero-order valence-electron chi connectivity index (χ0n) is 15.5. The molecule has 0 aromatic carbocycles. The molecule has 0 radical (unpaired) electrons. The van der Waals surface area contributed by atoms with E-state index >= 15 is 0 Å². The molecule has 2 heterocycles. The Labute approximate surface area is 152 Å². The fourth-order valence-corrected chi connectivity index (χ4v) is 2.84. The fourth-order valence-electron chi connectivity index (χ4n) is 2.84. The van der Waals surface area contributed by atoms with Crippen LogP contribution in [0, 0.1) is 13.8 Å². The third kappa shape index (κ3) is 3.68. The van der Waals surface area contributed by atoms with Crippen molar-refractivity contribution in [2.45, 2.75) is 52.6 Å². The van der Waals surface area contributed by atoms with Gasteiger partial charge in [-0.1, -0.05) is 0 Å². The maximum absolute atomic E-state index is 11.7. The summed E-state index contributed by atoms with van der Waals surface area (Å²) in [5, 5.41) is 10.9. The lowest BCUT2D eigenvalue weighted by atomic mass is 10.3. The minimum Gasteiger partial charge on any atom is -0.345 e. The molecule has 0 atom stereocenters. The van der Waals surface area contributed by atoms with E-state index in [9.17, 15) is 9.59 Å². The lowest BCUT2D eigenvalue weighted by Gasteiger charge is -2.14. The summed E-state index contributed by atoms with van der Waals surface area (Å²) in [6.45, 7) is 8.14. The zero-order valence-corrected chi connectivity index (χ0v) is 15.5. The van der Waals surface area contributed by atoms with Crippen LogP contribution < -0.4 is 10.7 Å². The van der Waals surface area contributed by atoms with Crippen molar-refractivity contribution in [3.05, 3.63) is 35.3 Å². The molecule has 0 bridgehead atoms. The maximum Gasteiger partial charge on any atom is 0.329 e. The van der Waals surface area contributed by atoms with Gasteiger partial charge in [0.1, 0.15) is 5.82 Å². The Hall–Kier alpha value is -2.90. The van der Waals surface area contributed by atoms with E-state index < -0.39 is 11.8 Å². The summed E-state index contributed by atoms with van der Waals surface area (Å²) in [5.41, 5.74) is 5.15. The molecule has 1 saturated carbocycles. The molecule has 2 N–H and O–H groups in total. The van der Waals surface area contributed by atoms with E-state index in [0.29, 0.717) is 0 Å². The molecule has 2 aromatic rings. The number of hydrogen-bond acceptors (Lipinski definition) is 4. The SMILES string of the molecule is Cc1cc(/C=N\NC(=O)C(=O)NC2CC2)c(C)n1-c1ccnn1C(C)C. The first-order valence-corrected chi connectivity index (χ1v) is 8.75. The maximum atomic E-state index is 11.7. The Morgan fingerprint density at radius 3 is 2.69 bits per heavy atom. The second-order valence-corrected chi connectivity index (χ2v) is 6.84. The van der Waals surface area contributed by atoms with Crippen LogP contribution in [0.5, 0.6) is 0 Å². The van der Waals surface area contributed by atoms with E-state index in [1.54, 1.807) is 12.4 Å². The average molecular weight is 356 g/mol. The van der Waals surface area contributed by atoms with Gasteiger partial charge in [0.25, 0.3) is 0 Å². The van der Waals surface area contributed by atoms with Gasteiger partial charge in [-0.2, -0.15) is 10.2 Å². The van der Waals surface area contributed by atoms with Crippen LogP contribution in [0.1, 0.15) is 49.7 Å². The van der Waals surface area contributed by atoms with E-state index in [0.717, 1.165) is 35.6 Å². The lowest BCUT2D eigenvalue weighted by Crippen LogP contribution is -2.38. The molecule has 2 aromatic heterocycles. The van der Waals surface area contributed by atoms with Gasteiger partial charge in [0.15, 0.2) is 0 Å². The summed E-state index contributed by atoms with van der Waals surface area (Å²) in [6.07, 6.45) is 5.19. The minimum absolute atomic E-state index is 0.141. The molecule has 1 fully saturated rings. The Morgan fingerprint density at radius 1 is 1.31 bits per heavy atom. The molecule has 1 aliphatic rings. The molecule has 3 rings (SSSR count). The Bertz CT molecular complexity index is 857. The quantitative estimate of drug-likeness (QED) is 0.484. The summed E-state index contributed by atoms with van der Waals surface area (Å²) in [6, 6.07) is 4.32. The van der Waals surface area contributed by atoms with Gasteiger partial charge in [-0.15, -0.1) is 0 Å². The molecule has 8 heteroatoms. The molecule has 8 nitrogen and oxygen atoms in total. The number of hydrogen-bond donors (Lipinski definition) is 2. The van der Waals surface area contributed by atoms with Crippen molar-refractivity contribution >= 4 is 18.0 Å². The van der Waals surface area contributed by atoms with Crippen molar-refractivity contribution in [2.75, 3.05) is 0 Å². The first-order chi connectivity index (χ1) is 12.4. The van der Waals surface area contributed by atoms with Crippen molar-refractivity contribution in [1.29, 1.82) is 0 Å². The standard InChI is InChI=1S/C18H24N6O2/c1-11(2)24-16(7-8-20-24)23-12(3)9-14(13(23)4)10-19-22-18(26)17(25)21-15-5-6-15/h7-11,15H,5-6H2,1-4H3,(H,21,25)(H,22,26)/b19-10-. The number of aromatic nitrogens is 3. The third-order valence-electron chi connectivity index (χ3n) is 4.33. The highest BCUT2D eigenvalue weighted by Gasteiger charge is 2.26. The normalized spacial score (nSPS) is 14.2. The molecule has 2 amide bonds. The van der Waals surface area contributed by atoms with Gasteiger partial charge in [0.2, 0.25) is 0 Å². The zero-order chi connectivity index (χ0) is 18.8. The number of nitrogens with zero attached hydrogens (tertiary/aromatic N) is 4. The van der Waals surface area contributed by atoms with E-state index in [4.69, 9.17) is 0 Å². The molecular formula is C18H24N6O2. The van der Waals surface area contributed by atoms with Crippen LogP contribution in [0.15, 0.2) is 23.4 Å². The smallest absolute Gasteiger partial charge is 0.329 e. The molecular weight excluding hydrogens is 332 g/mol. The van der Waals surface area contributed by atoms with Crippen LogP contribution in [0.25, 0.3) is 5.82 Å². The molecule has 0 saturated heterocycles. The highest BCUT2D eigenvalue weighted by molar-refractivity contribution is 6.35. The van der Waals surface area contributed by atoms with Gasteiger partial charge >= 0.3 is 11.8 Å². The average Bonchev–Trinajstić information content (AvgIpc) is 3.18. The first kappa shape index (κ1) is 17.9. The lowest BCUT2D eigenvalue weighted by molar-refractivity contribution is -0.139. The van der Waals surface area contributed by atoms with Crippen molar-refractivity contribution in [1.82, 2.24) is 25.1 Å². The van der Waals surface area contributed by atoms with Crippen molar-refractivity contribution < 1.29 is 9.59 Å². The fraction of sp³-hybridized carbons (Fsp3) is 0.444. The van der Waals surface area contributed by atoms with Crippen LogP contribution in [0.3, 0.4) is 0 Å². The second-order valence-electron chi connectivity index (χ2n) is 6.84.